The van der Waals surface area contributed by atoms with Crippen LogP contribution in [0, 0.1) is 5.82 Å². The Balaban J connectivity index is 2.25. The number of aromatic hydroxyl groups is 1. The standard InChI is InChI=1S/C13H10BrFN2O2/c14-10-3-1-7(5-11(10)15)17-13(19)9-6-8(18)2-4-12(9)16/h1-6,18H,16H2,(H,17,19). The monoisotopic (exact) mass is 324 g/mol. The van der Waals surface area contributed by atoms with Crippen LogP contribution in [0.15, 0.2) is 40.9 Å². The number of halogens is 2. The lowest BCUT2D eigenvalue weighted by Gasteiger charge is -2.08. The molecule has 0 aliphatic heterocycles. The smallest absolute Gasteiger partial charge is 0.257 e. The molecule has 0 spiro atoms. The molecule has 0 saturated heterocycles. The fourth-order valence-electron chi connectivity index (χ4n) is 1.51. The van der Waals surface area contributed by atoms with Crippen LogP contribution in [-0.2, 0) is 0 Å². The number of benzene rings is 2. The third kappa shape index (κ3) is 3.03. The topological polar surface area (TPSA) is 75.3 Å². The molecule has 6 heteroatoms. The zero-order valence-corrected chi connectivity index (χ0v) is 11.2. The Bertz CT molecular complexity index is 647. The molecule has 0 saturated carbocycles. The molecular weight excluding hydrogens is 315 g/mol. The van der Waals surface area contributed by atoms with Crippen molar-refractivity contribution < 1.29 is 14.3 Å². The van der Waals surface area contributed by atoms with Crippen molar-refractivity contribution in [3.05, 3.63) is 52.3 Å². The van der Waals surface area contributed by atoms with Gasteiger partial charge < -0.3 is 16.2 Å². The van der Waals surface area contributed by atoms with Gasteiger partial charge in [0.1, 0.15) is 11.6 Å². The lowest BCUT2D eigenvalue weighted by atomic mass is 10.1. The lowest BCUT2D eigenvalue weighted by Crippen LogP contribution is -2.14. The van der Waals surface area contributed by atoms with Crippen LogP contribution in [0.5, 0.6) is 5.75 Å². The fourth-order valence-corrected chi connectivity index (χ4v) is 1.76. The molecule has 0 aliphatic rings. The second-order valence-electron chi connectivity index (χ2n) is 3.85. The molecule has 2 aromatic carbocycles. The van der Waals surface area contributed by atoms with Gasteiger partial charge in [0.15, 0.2) is 0 Å². The number of phenols is 1. The molecule has 19 heavy (non-hydrogen) atoms. The number of nitrogens with one attached hydrogen (secondary N) is 1. The summed E-state index contributed by atoms with van der Waals surface area (Å²) in [6.45, 7) is 0. The minimum absolute atomic E-state index is 0.0682. The number of anilines is 2. The highest BCUT2D eigenvalue weighted by atomic mass is 79.9. The normalized spacial score (nSPS) is 10.2. The second kappa shape index (κ2) is 5.27. The number of carbonyl (C=O) groups excluding carboxylic acids is 1. The molecule has 0 heterocycles. The van der Waals surface area contributed by atoms with E-state index in [1.54, 1.807) is 6.07 Å². The summed E-state index contributed by atoms with van der Waals surface area (Å²) in [4.78, 5) is 11.9. The van der Waals surface area contributed by atoms with E-state index in [0.29, 0.717) is 10.2 Å². The third-order valence-electron chi connectivity index (χ3n) is 2.46. The molecule has 0 bridgehead atoms. The number of carbonyl (C=O) groups is 1. The van der Waals surface area contributed by atoms with E-state index in [4.69, 9.17) is 5.73 Å². The van der Waals surface area contributed by atoms with Gasteiger partial charge in [-0.2, -0.15) is 0 Å². The predicted octanol–water partition coefficient (Wildman–Crippen LogP) is 3.13. The van der Waals surface area contributed by atoms with Crippen LogP contribution < -0.4 is 11.1 Å². The second-order valence-corrected chi connectivity index (χ2v) is 4.71. The Morgan fingerprint density at radius 3 is 2.68 bits per heavy atom. The lowest BCUT2D eigenvalue weighted by molar-refractivity contribution is 0.102. The van der Waals surface area contributed by atoms with Gasteiger partial charge in [-0.05, 0) is 52.3 Å². The maximum absolute atomic E-state index is 13.3. The third-order valence-corrected chi connectivity index (χ3v) is 3.10. The van der Waals surface area contributed by atoms with Crippen molar-refractivity contribution in [2.24, 2.45) is 0 Å². The van der Waals surface area contributed by atoms with Gasteiger partial charge >= 0.3 is 0 Å². The molecule has 0 fully saturated rings. The summed E-state index contributed by atoms with van der Waals surface area (Å²) < 4.78 is 13.6. The summed E-state index contributed by atoms with van der Waals surface area (Å²) >= 11 is 3.02. The van der Waals surface area contributed by atoms with Crippen LogP contribution in [-0.4, -0.2) is 11.0 Å². The van der Waals surface area contributed by atoms with Gasteiger partial charge in [-0.3, -0.25) is 4.79 Å². The molecule has 0 atom stereocenters. The van der Waals surface area contributed by atoms with Crippen molar-refractivity contribution in [3.63, 3.8) is 0 Å². The zero-order valence-electron chi connectivity index (χ0n) is 9.65. The Kier molecular flexibility index (Phi) is 3.71. The quantitative estimate of drug-likeness (QED) is 0.586. The number of hydrogen-bond acceptors (Lipinski definition) is 3. The molecular formula is C13H10BrFN2O2. The van der Waals surface area contributed by atoms with E-state index >= 15 is 0 Å². The predicted molar refractivity (Wildman–Crippen MR) is 74.6 cm³/mol. The zero-order chi connectivity index (χ0) is 14.0. The first kappa shape index (κ1) is 13.4. The van der Waals surface area contributed by atoms with E-state index in [9.17, 15) is 14.3 Å². The SMILES string of the molecule is Nc1ccc(O)cc1C(=O)Nc1ccc(Br)c(F)c1. The van der Waals surface area contributed by atoms with Crippen LogP contribution in [0.25, 0.3) is 0 Å². The van der Waals surface area contributed by atoms with Crippen molar-refractivity contribution in [1.82, 2.24) is 0 Å². The van der Waals surface area contributed by atoms with Gasteiger partial charge in [-0.1, -0.05) is 0 Å². The van der Waals surface area contributed by atoms with Gasteiger partial charge in [-0.15, -0.1) is 0 Å². The Labute approximate surface area is 117 Å². The van der Waals surface area contributed by atoms with Crippen LogP contribution in [0.3, 0.4) is 0 Å². The molecule has 0 aromatic heterocycles. The average molecular weight is 325 g/mol. The Morgan fingerprint density at radius 2 is 2.00 bits per heavy atom. The van der Waals surface area contributed by atoms with Gasteiger partial charge in [0, 0.05) is 11.4 Å². The van der Waals surface area contributed by atoms with Gasteiger partial charge in [0.25, 0.3) is 5.91 Å². The summed E-state index contributed by atoms with van der Waals surface area (Å²) in [5.74, 6) is -1.07. The molecule has 2 rings (SSSR count). The van der Waals surface area contributed by atoms with E-state index in [0.717, 1.165) is 0 Å². The first-order valence-electron chi connectivity index (χ1n) is 5.32. The number of hydrogen-bond donors (Lipinski definition) is 3. The molecule has 0 unspecified atom stereocenters. The molecule has 4 N–H and O–H groups in total. The van der Waals surface area contributed by atoms with Crippen LogP contribution >= 0.6 is 15.9 Å². The molecule has 0 aliphatic carbocycles. The molecule has 98 valence electrons. The van der Waals surface area contributed by atoms with Crippen molar-refractivity contribution in [3.8, 4) is 5.75 Å². The van der Waals surface area contributed by atoms with Gasteiger partial charge in [-0.25, -0.2) is 4.39 Å². The first-order chi connectivity index (χ1) is 8.97. The summed E-state index contributed by atoms with van der Waals surface area (Å²) in [6.07, 6.45) is 0. The minimum Gasteiger partial charge on any atom is -0.508 e. The van der Waals surface area contributed by atoms with Crippen molar-refractivity contribution in [2.75, 3.05) is 11.1 Å². The van der Waals surface area contributed by atoms with E-state index in [2.05, 4.69) is 21.2 Å². The molecule has 2 aromatic rings. The highest BCUT2D eigenvalue weighted by Gasteiger charge is 2.11. The summed E-state index contributed by atoms with van der Waals surface area (Å²) in [6, 6.07) is 8.26. The largest absolute Gasteiger partial charge is 0.508 e. The van der Waals surface area contributed by atoms with Crippen molar-refractivity contribution in [2.45, 2.75) is 0 Å². The highest BCUT2D eigenvalue weighted by molar-refractivity contribution is 9.10. The Morgan fingerprint density at radius 1 is 1.26 bits per heavy atom. The summed E-state index contributed by atoms with van der Waals surface area (Å²) in [5, 5.41) is 11.8. The maximum atomic E-state index is 13.3. The van der Waals surface area contributed by atoms with E-state index < -0.39 is 11.7 Å². The number of phenolic OH excluding ortho intramolecular Hbond substituents is 1. The number of amides is 1. The number of nitrogen functional groups attached to an aromatic ring is 1. The minimum atomic E-state index is -0.518. The summed E-state index contributed by atoms with van der Waals surface area (Å²) in [7, 11) is 0. The number of nitrogens with two attached hydrogens (primary N) is 1. The van der Waals surface area contributed by atoms with Crippen LogP contribution in [0.4, 0.5) is 15.8 Å². The number of rotatable bonds is 2. The Hall–Kier alpha value is -2.08. The fraction of sp³-hybridized carbons (Fsp3) is 0. The van der Waals surface area contributed by atoms with Crippen LogP contribution in [0.2, 0.25) is 0 Å². The van der Waals surface area contributed by atoms with E-state index in [1.807, 2.05) is 0 Å². The summed E-state index contributed by atoms with van der Waals surface area (Å²) in [5.41, 5.74) is 6.30. The molecule has 1 amide bonds. The van der Waals surface area contributed by atoms with Gasteiger partial charge in [0.05, 0.1) is 10.0 Å². The van der Waals surface area contributed by atoms with Crippen LogP contribution in [0.1, 0.15) is 10.4 Å². The van der Waals surface area contributed by atoms with E-state index in [1.165, 1.54) is 30.3 Å². The van der Waals surface area contributed by atoms with Gasteiger partial charge in [0.2, 0.25) is 0 Å². The molecule has 4 nitrogen and oxygen atoms in total. The highest BCUT2D eigenvalue weighted by Crippen LogP contribution is 2.22. The van der Waals surface area contributed by atoms with E-state index in [-0.39, 0.29) is 17.0 Å². The van der Waals surface area contributed by atoms with Crippen molar-refractivity contribution >= 4 is 33.2 Å². The molecule has 0 radical (unpaired) electrons. The van der Waals surface area contributed by atoms with Crippen molar-refractivity contribution in [1.29, 1.82) is 0 Å². The maximum Gasteiger partial charge on any atom is 0.257 e. The average Bonchev–Trinajstić information content (AvgIpc) is 2.36. The first-order valence-corrected chi connectivity index (χ1v) is 6.11.